The van der Waals surface area contributed by atoms with E-state index in [1.807, 2.05) is 37.2 Å². The molecule has 756 valence electrons. The van der Waals surface area contributed by atoms with Crippen LogP contribution in [0.1, 0.15) is 494 Å². The summed E-state index contributed by atoms with van der Waals surface area (Å²) >= 11 is 0. The second kappa shape index (κ2) is 50.1. The SMILES string of the molecule is CC(C)(C)CCc1ccc(C(C)(C)C)cc1.CC(C)(C)CCc1ccc(C(C)(C)C)cn1.CC(C)(C)CCc1ccc(C(C)(C)C)nc1.CC(C)(C)Cc1ccc(C(C)(C)C)cc1.CC(C)(C)Cc1ccc(C(C)(C)C)cn1.CC(C)(C)Cc1ccc(C(C)(C)C)nc1.CC(C)(C)c1ccc(C(C)(C)C)cc1.CC(C)(C)c1ccc(C(C)(C)C)nc1.CC(C)(C)c1ccc(C(C)(C)C)nc1. The summed E-state index contributed by atoms with van der Waals surface area (Å²) in [5.41, 5.74) is 28.2. The molecule has 0 amide bonds. The lowest BCUT2D eigenvalue weighted by Crippen LogP contribution is -2.16. The maximum atomic E-state index is 4.55. The van der Waals surface area contributed by atoms with Crippen molar-refractivity contribution in [3.8, 4) is 0 Å². The van der Waals surface area contributed by atoms with E-state index in [4.69, 9.17) is 0 Å². The van der Waals surface area contributed by atoms with Gasteiger partial charge in [-0.15, -0.1) is 0 Å². The predicted octanol–water partition coefficient (Wildman–Crippen LogP) is 37.8. The lowest BCUT2D eigenvalue weighted by molar-refractivity contribution is 0.376. The lowest BCUT2D eigenvalue weighted by atomic mass is 9.82. The molecule has 135 heavy (non-hydrogen) atoms. The Labute approximate surface area is 837 Å². The van der Waals surface area contributed by atoms with Gasteiger partial charge in [-0.2, -0.15) is 0 Å². The fourth-order valence-electron chi connectivity index (χ4n) is 13.6. The molecule has 9 rings (SSSR count). The van der Waals surface area contributed by atoms with Crippen molar-refractivity contribution in [2.24, 2.45) is 32.5 Å². The van der Waals surface area contributed by atoms with E-state index in [9.17, 15) is 0 Å². The first kappa shape index (κ1) is 126. The van der Waals surface area contributed by atoms with Crippen LogP contribution in [0.2, 0.25) is 0 Å². The van der Waals surface area contributed by atoms with Gasteiger partial charge in [0.15, 0.2) is 0 Å². The molecular weight excluding hydrogens is 1630 g/mol. The van der Waals surface area contributed by atoms with Crippen molar-refractivity contribution in [3.05, 3.63) is 284 Å². The maximum Gasteiger partial charge on any atom is 0.0457 e. The molecule has 0 unspecified atom stereocenters. The van der Waals surface area contributed by atoms with Gasteiger partial charge in [0.1, 0.15) is 0 Å². The van der Waals surface area contributed by atoms with Gasteiger partial charge in [-0.05, 0) is 237 Å². The average Bonchev–Trinajstić information content (AvgIpc) is 0.839. The Morgan fingerprint density at radius 3 is 0.548 bits per heavy atom. The first-order valence-electron chi connectivity index (χ1n) is 51.3. The molecule has 0 aliphatic rings. The number of nitrogens with zero attached hydrogens (tertiary/aromatic N) is 6. The Morgan fingerprint density at radius 1 is 0.141 bits per heavy atom. The molecule has 0 N–H and O–H groups in total. The second-order valence-corrected chi connectivity index (χ2v) is 58.4. The molecule has 3 aromatic carbocycles. The van der Waals surface area contributed by atoms with E-state index in [0.29, 0.717) is 32.5 Å². The maximum absolute atomic E-state index is 4.55. The van der Waals surface area contributed by atoms with Gasteiger partial charge in [0, 0.05) is 93.0 Å². The van der Waals surface area contributed by atoms with Crippen molar-refractivity contribution in [1.82, 2.24) is 29.9 Å². The number of hydrogen-bond donors (Lipinski definition) is 0. The molecule has 0 saturated heterocycles. The molecule has 9 aromatic rings. The summed E-state index contributed by atoms with van der Waals surface area (Å²) < 4.78 is 0. The van der Waals surface area contributed by atoms with Crippen LogP contribution < -0.4 is 0 Å². The van der Waals surface area contributed by atoms with Crippen LogP contribution in [-0.4, -0.2) is 29.9 Å². The molecule has 0 atom stereocenters. The van der Waals surface area contributed by atoms with Crippen molar-refractivity contribution >= 4 is 0 Å². The van der Waals surface area contributed by atoms with E-state index in [0.717, 1.165) is 43.5 Å². The molecule has 0 bridgehead atoms. The number of rotatable bonds is 9. The third-order valence-electron chi connectivity index (χ3n) is 23.3. The molecule has 6 heteroatoms. The van der Waals surface area contributed by atoms with Crippen molar-refractivity contribution in [3.63, 3.8) is 0 Å². The van der Waals surface area contributed by atoms with Crippen molar-refractivity contribution in [2.75, 3.05) is 0 Å². The van der Waals surface area contributed by atoms with Gasteiger partial charge < -0.3 is 0 Å². The molecule has 0 spiro atoms. The highest BCUT2D eigenvalue weighted by atomic mass is 14.7. The van der Waals surface area contributed by atoms with Gasteiger partial charge >= 0.3 is 0 Å². The molecular formula is C129H210N6. The fourth-order valence-corrected chi connectivity index (χ4v) is 13.6. The monoisotopic (exact) mass is 1840 g/mol. The van der Waals surface area contributed by atoms with Gasteiger partial charge in [-0.1, -0.05) is 483 Å². The van der Waals surface area contributed by atoms with Crippen molar-refractivity contribution in [1.29, 1.82) is 0 Å². The molecule has 0 saturated carbocycles. The fraction of sp³-hybridized carbons (Fsp3) is 0.628. The Morgan fingerprint density at radius 2 is 0.333 bits per heavy atom. The lowest BCUT2D eigenvalue weighted by Gasteiger charge is -2.23. The summed E-state index contributed by atoms with van der Waals surface area (Å²) in [6, 6.07) is 53.3. The zero-order chi connectivity index (χ0) is 105. The van der Waals surface area contributed by atoms with Crippen LogP contribution in [0.15, 0.2) is 183 Å². The third-order valence-corrected chi connectivity index (χ3v) is 23.3. The summed E-state index contributed by atoms with van der Waals surface area (Å²) in [4.78, 5) is 27.2. The van der Waals surface area contributed by atoms with Crippen LogP contribution in [-0.2, 0) is 104 Å². The minimum atomic E-state index is 0.149. The number of benzene rings is 3. The van der Waals surface area contributed by atoms with E-state index < -0.39 is 0 Å². The number of pyridine rings is 6. The molecule has 6 nitrogen and oxygen atoms in total. The van der Waals surface area contributed by atoms with Crippen LogP contribution in [0.25, 0.3) is 0 Å². The van der Waals surface area contributed by atoms with Crippen molar-refractivity contribution in [2.45, 2.75) is 497 Å². The van der Waals surface area contributed by atoms with E-state index in [-0.39, 0.29) is 65.0 Å². The normalized spacial score (nSPS) is 12.9. The molecule has 0 fully saturated rings. The zero-order valence-corrected chi connectivity index (χ0v) is 98.4. The Hall–Kier alpha value is -7.44. The van der Waals surface area contributed by atoms with E-state index in [1.165, 1.54) is 115 Å². The number of aryl methyl sites for hydroxylation is 3. The van der Waals surface area contributed by atoms with Gasteiger partial charge in [-0.3, -0.25) is 29.9 Å². The van der Waals surface area contributed by atoms with Crippen LogP contribution in [0, 0.1) is 32.5 Å². The quantitative estimate of drug-likeness (QED) is 0.143. The standard InChI is InChI=1S/C16H26.2C15H25N.C15H24.2C14H23N.C14H22.2C13H21N/c1-15(2,3)12-11-13-7-9-14(10-8-13)16(4,5)6;1-14(2,3)10-9-13-8-7-12(11-16-13)15(4,5)6;1-14(2,3)10-9-12-7-8-13(16-11-12)15(4,5)6;1-14(2,3)11-12-7-9-13(10-8-12)15(4,5)6;1-13(2,3)9-12-8-7-11(10-15-12)14(4,5)6;1-13(2,3)9-11-7-8-12(15-10-11)14(4,5)6;1-13(2,3)11-7-9-12(10-8-11)14(4,5)6;2*1-12(2,3)10-7-8-11(14-9-10)13(4,5)6/h7-10H,11-12H2,1-6H3;2*7-8,11H,9-10H2,1-6H3;7-10H,11H2,1-6H3;2*7-8,10H,9H2,1-6H3;7-10H,1-6H3;2*7-9H,1-6H3. The zero-order valence-electron chi connectivity index (χ0n) is 98.4. The molecule has 6 aromatic heterocycles. The average molecular weight is 1850 g/mol. The number of aromatic nitrogens is 6. The van der Waals surface area contributed by atoms with Gasteiger partial charge in [0.2, 0.25) is 0 Å². The van der Waals surface area contributed by atoms with E-state index in [1.54, 1.807) is 0 Å². The summed E-state index contributed by atoms with van der Waals surface area (Å²) in [6.07, 6.45) is 22.4. The van der Waals surface area contributed by atoms with Gasteiger partial charge in [-0.25, -0.2) is 0 Å². The summed E-state index contributed by atoms with van der Waals surface area (Å²) in [6.45, 7) is 121. The highest BCUT2D eigenvalue weighted by Crippen LogP contribution is 2.35. The highest BCUT2D eigenvalue weighted by Gasteiger charge is 2.26. The Balaban J connectivity index is 0.000000760. The first-order valence-corrected chi connectivity index (χ1v) is 51.3. The minimum Gasteiger partial charge on any atom is -0.261 e. The largest absolute Gasteiger partial charge is 0.261 e. The van der Waals surface area contributed by atoms with Gasteiger partial charge in [0.05, 0.1) is 0 Å². The molecule has 0 aliphatic carbocycles. The van der Waals surface area contributed by atoms with E-state index >= 15 is 0 Å². The van der Waals surface area contributed by atoms with Gasteiger partial charge in [0.25, 0.3) is 0 Å². The second-order valence-electron chi connectivity index (χ2n) is 58.4. The highest BCUT2D eigenvalue weighted by molar-refractivity contribution is 5.34. The van der Waals surface area contributed by atoms with Crippen molar-refractivity contribution < 1.29 is 0 Å². The summed E-state index contributed by atoms with van der Waals surface area (Å²) in [5.74, 6) is 0. The Kier molecular flexibility index (Phi) is 46.6. The third kappa shape index (κ3) is 55.8. The minimum absolute atomic E-state index is 0.149. The van der Waals surface area contributed by atoms with Crippen LogP contribution in [0.5, 0.6) is 0 Å². The smallest absolute Gasteiger partial charge is 0.0457 e. The molecule has 6 heterocycles. The predicted molar refractivity (Wildman–Crippen MR) is 602 cm³/mol. The van der Waals surface area contributed by atoms with Crippen LogP contribution in [0.4, 0.5) is 0 Å². The van der Waals surface area contributed by atoms with Crippen LogP contribution >= 0.6 is 0 Å². The van der Waals surface area contributed by atoms with Crippen LogP contribution in [0.3, 0.4) is 0 Å². The number of hydrogen-bond acceptors (Lipinski definition) is 6. The molecule has 0 radical (unpaired) electrons. The Bertz CT molecular complexity index is 4150. The first-order chi connectivity index (χ1) is 60.2. The summed E-state index contributed by atoms with van der Waals surface area (Å²) in [5, 5.41) is 0. The molecule has 0 aliphatic heterocycles. The van der Waals surface area contributed by atoms with E-state index in [2.05, 4.69) is 549 Å². The topological polar surface area (TPSA) is 77.3 Å². The summed E-state index contributed by atoms with van der Waals surface area (Å²) in [7, 11) is 0.